The molecule has 0 radical (unpaired) electrons. The molecule has 12 heavy (non-hydrogen) atoms. The SMILES string of the molecule is CCC[C@@H](N)c1cccn1C.Cl. The molecule has 1 aromatic rings. The highest BCUT2D eigenvalue weighted by atomic mass is 35.5. The highest BCUT2D eigenvalue weighted by molar-refractivity contribution is 5.85. The summed E-state index contributed by atoms with van der Waals surface area (Å²) in [6, 6.07) is 4.32. The molecule has 0 aliphatic rings. The largest absolute Gasteiger partial charge is 0.353 e. The van der Waals surface area contributed by atoms with Gasteiger partial charge in [0.1, 0.15) is 0 Å². The van der Waals surface area contributed by atoms with Crippen LogP contribution in [0.5, 0.6) is 0 Å². The Kier molecular flexibility index (Phi) is 5.02. The fourth-order valence-electron chi connectivity index (χ4n) is 1.32. The van der Waals surface area contributed by atoms with Crippen LogP contribution in [-0.2, 0) is 7.05 Å². The van der Waals surface area contributed by atoms with Gasteiger partial charge in [-0.05, 0) is 18.6 Å². The summed E-state index contributed by atoms with van der Waals surface area (Å²) in [4.78, 5) is 0. The van der Waals surface area contributed by atoms with Crippen molar-refractivity contribution in [1.82, 2.24) is 4.57 Å². The van der Waals surface area contributed by atoms with E-state index in [9.17, 15) is 0 Å². The molecule has 2 N–H and O–H groups in total. The van der Waals surface area contributed by atoms with Crippen molar-refractivity contribution < 1.29 is 0 Å². The average Bonchev–Trinajstić information content (AvgIpc) is 2.36. The Hall–Kier alpha value is -0.470. The Morgan fingerprint density at radius 2 is 2.25 bits per heavy atom. The molecule has 1 atom stereocenters. The second-order valence-electron chi connectivity index (χ2n) is 2.94. The molecule has 0 bridgehead atoms. The molecule has 2 nitrogen and oxygen atoms in total. The molecule has 3 heteroatoms. The van der Waals surface area contributed by atoms with Crippen LogP contribution in [0.4, 0.5) is 0 Å². The molecule has 0 spiro atoms. The van der Waals surface area contributed by atoms with Crippen LogP contribution in [0.25, 0.3) is 0 Å². The van der Waals surface area contributed by atoms with Gasteiger partial charge in [0.2, 0.25) is 0 Å². The van der Waals surface area contributed by atoms with Gasteiger partial charge in [0, 0.05) is 25.0 Å². The third kappa shape index (κ3) is 2.54. The third-order valence-electron chi connectivity index (χ3n) is 1.96. The quantitative estimate of drug-likeness (QED) is 0.775. The molecule has 1 heterocycles. The number of hydrogen-bond donors (Lipinski definition) is 1. The lowest BCUT2D eigenvalue weighted by atomic mass is 10.1. The molecule has 0 aliphatic carbocycles. The zero-order valence-electron chi connectivity index (χ0n) is 7.66. The number of nitrogens with zero attached hydrogens (tertiary/aromatic N) is 1. The van der Waals surface area contributed by atoms with Gasteiger partial charge in [0.15, 0.2) is 0 Å². The third-order valence-corrected chi connectivity index (χ3v) is 1.96. The van der Waals surface area contributed by atoms with E-state index in [1.807, 2.05) is 19.3 Å². The lowest BCUT2D eigenvalue weighted by Gasteiger charge is -2.10. The van der Waals surface area contributed by atoms with Gasteiger partial charge in [-0.25, -0.2) is 0 Å². The van der Waals surface area contributed by atoms with E-state index < -0.39 is 0 Å². The minimum Gasteiger partial charge on any atom is -0.353 e. The highest BCUT2D eigenvalue weighted by Gasteiger charge is 2.06. The zero-order chi connectivity index (χ0) is 8.27. The van der Waals surface area contributed by atoms with Crippen LogP contribution in [0.1, 0.15) is 31.5 Å². The average molecular weight is 189 g/mol. The van der Waals surface area contributed by atoms with Gasteiger partial charge >= 0.3 is 0 Å². The topological polar surface area (TPSA) is 30.9 Å². The Balaban J connectivity index is 0.00000121. The predicted molar refractivity (Wildman–Crippen MR) is 54.5 cm³/mol. The normalized spacial score (nSPS) is 12.2. The highest BCUT2D eigenvalue weighted by Crippen LogP contribution is 2.14. The Morgan fingerprint density at radius 1 is 1.58 bits per heavy atom. The molecule has 0 saturated carbocycles. The lowest BCUT2D eigenvalue weighted by molar-refractivity contribution is 0.597. The van der Waals surface area contributed by atoms with Gasteiger partial charge in [0.05, 0.1) is 0 Å². The molecule has 0 fully saturated rings. The molecule has 0 aliphatic heterocycles. The van der Waals surface area contributed by atoms with Gasteiger partial charge in [-0.1, -0.05) is 13.3 Å². The summed E-state index contributed by atoms with van der Waals surface area (Å²) < 4.78 is 2.08. The van der Waals surface area contributed by atoms with Gasteiger partial charge in [0.25, 0.3) is 0 Å². The maximum Gasteiger partial charge on any atom is 0.0449 e. The summed E-state index contributed by atoms with van der Waals surface area (Å²) in [6.45, 7) is 2.16. The fourth-order valence-corrected chi connectivity index (χ4v) is 1.32. The first kappa shape index (κ1) is 11.5. The number of aryl methyl sites for hydroxylation is 1. The summed E-state index contributed by atoms with van der Waals surface area (Å²) in [5, 5.41) is 0. The maximum atomic E-state index is 5.93. The van der Waals surface area contributed by atoms with Crippen LogP contribution in [0.3, 0.4) is 0 Å². The van der Waals surface area contributed by atoms with E-state index in [0.29, 0.717) is 0 Å². The van der Waals surface area contributed by atoms with Crippen molar-refractivity contribution in [3.8, 4) is 0 Å². The summed E-state index contributed by atoms with van der Waals surface area (Å²) in [6.07, 6.45) is 4.25. The second kappa shape index (κ2) is 5.22. The Morgan fingerprint density at radius 3 is 2.67 bits per heavy atom. The van der Waals surface area contributed by atoms with Gasteiger partial charge in [-0.15, -0.1) is 12.4 Å². The van der Waals surface area contributed by atoms with Crippen LogP contribution >= 0.6 is 12.4 Å². The molecule has 70 valence electrons. The fraction of sp³-hybridized carbons (Fsp3) is 0.556. The summed E-state index contributed by atoms with van der Waals surface area (Å²) >= 11 is 0. The first-order valence-electron chi connectivity index (χ1n) is 4.12. The van der Waals surface area contributed by atoms with Crippen molar-refractivity contribution >= 4 is 12.4 Å². The first-order valence-corrected chi connectivity index (χ1v) is 4.12. The molecular formula is C9H17ClN2. The molecule has 0 unspecified atom stereocenters. The van der Waals surface area contributed by atoms with Crippen LogP contribution in [0.15, 0.2) is 18.3 Å². The number of hydrogen-bond acceptors (Lipinski definition) is 1. The van der Waals surface area contributed by atoms with Crippen LogP contribution < -0.4 is 5.73 Å². The second-order valence-corrected chi connectivity index (χ2v) is 2.94. The van der Waals surface area contributed by atoms with Crippen LogP contribution in [0, 0.1) is 0 Å². The first-order chi connectivity index (χ1) is 5.25. The zero-order valence-corrected chi connectivity index (χ0v) is 8.47. The monoisotopic (exact) mass is 188 g/mol. The number of aromatic nitrogens is 1. The number of nitrogens with two attached hydrogens (primary N) is 1. The van der Waals surface area contributed by atoms with E-state index in [1.54, 1.807) is 0 Å². The van der Waals surface area contributed by atoms with Crippen LogP contribution in [0.2, 0.25) is 0 Å². The molecule has 0 aromatic carbocycles. The molecule has 1 aromatic heterocycles. The van der Waals surface area contributed by atoms with Crippen molar-refractivity contribution in [2.45, 2.75) is 25.8 Å². The van der Waals surface area contributed by atoms with E-state index >= 15 is 0 Å². The minimum absolute atomic E-state index is 0. The van der Waals surface area contributed by atoms with E-state index in [1.165, 1.54) is 5.69 Å². The van der Waals surface area contributed by atoms with E-state index in [4.69, 9.17) is 5.73 Å². The van der Waals surface area contributed by atoms with E-state index in [0.717, 1.165) is 12.8 Å². The molecule has 0 saturated heterocycles. The lowest BCUT2D eigenvalue weighted by Crippen LogP contribution is -2.13. The Bertz CT molecular complexity index is 220. The van der Waals surface area contributed by atoms with Crippen molar-refractivity contribution in [1.29, 1.82) is 0 Å². The number of halogens is 1. The van der Waals surface area contributed by atoms with Crippen molar-refractivity contribution in [2.24, 2.45) is 12.8 Å². The van der Waals surface area contributed by atoms with E-state index in [2.05, 4.69) is 17.6 Å². The standard InChI is InChI=1S/C9H16N2.ClH/c1-3-5-8(10)9-6-4-7-11(9)2;/h4,6-8H,3,5,10H2,1-2H3;1H/t8-;/m1./s1. The summed E-state index contributed by atoms with van der Waals surface area (Å²) in [7, 11) is 2.03. The maximum absolute atomic E-state index is 5.93. The van der Waals surface area contributed by atoms with Crippen molar-refractivity contribution in [2.75, 3.05) is 0 Å². The van der Waals surface area contributed by atoms with Gasteiger partial charge in [-0.3, -0.25) is 0 Å². The molecule has 0 amide bonds. The van der Waals surface area contributed by atoms with Crippen molar-refractivity contribution in [3.63, 3.8) is 0 Å². The van der Waals surface area contributed by atoms with E-state index in [-0.39, 0.29) is 18.4 Å². The minimum atomic E-state index is 0. The summed E-state index contributed by atoms with van der Waals surface area (Å²) in [5.74, 6) is 0. The smallest absolute Gasteiger partial charge is 0.0449 e. The predicted octanol–water partition coefficient (Wildman–Crippen LogP) is 2.25. The number of rotatable bonds is 3. The molecule has 1 rings (SSSR count). The van der Waals surface area contributed by atoms with Gasteiger partial charge < -0.3 is 10.3 Å². The molecular weight excluding hydrogens is 172 g/mol. The summed E-state index contributed by atoms with van der Waals surface area (Å²) in [5.41, 5.74) is 7.16. The van der Waals surface area contributed by atoms with Crippen molar-refractivity contribution in [3.05, 3.63) is 24.0 Å². The van der Waals surface area contributed by atoms with Gasteiger partial charge in [-0.2, -0.15) is 0 Å². The van der Waals surface area contributed by atoms with Crippen LogP contribution in [-0.4, -0.2) is 4.57 Å². The Labute approximate surface area is 80.2 Å².